The highest BCUT2D eigenvalue weighted by atomic mass is 35.5. The van der Waals surface area contributed by atoms with Crippen molar-refractivity contribution in [1.29, 1.82) is 0 Å². The smallest absolute Gasteiger partial charge is 0.161 e. The van der Waals surface area contributed by atoms with E-state index >= 15 is 0 Å². The third-order valence-electron chi connectivity index (χ3n) is 2.71. The Morgan fingerprint density at radius 3 is 2.63 bits per heavy atom. The Balaban J connectivity index is 2.47. The third kappa shape index (κ3) is 3.15. The van der Waals surface area contributed by atoms with Gasteiger partial charge in [-0.15, -0.1) is 0 Å². The molecule has 0 radical (unpaired) electrons. The summed E-state index contributed by atoms with van der Waals surface area (Å²) in [5.74, 6) is 1.47. The number of aromatic nitrogens is 2. The van der Waals surface area contributed by atoms with Crippen LogP contribution < -0.4 is 5.32 Å². The quantitative estimate of drug-likeness (QED) is 0.898. The average Bonchev–Trinajstić information content (AvgIpc) is 2.42. The lowest BCUT2D eigenvalue weighted by atomic mass is 10.2. The second kappa shape index (κ2) is 5.89. The third-order valence-corrected chi connectivity index (χ3v) is 3.01. The van der Waals surface area contributed by atoms with E-state index in [0.717, 1.165) is 30.0 Å². The van der Waals surface area contributed by atoms with Gasteiger partial charge in [0, 0.05) is 23.9 Å². The van der Waals surface area contributed by atoms with Crippen molar-refractivity contribution in [1.82, 2.24) is 9.97 Å². The van der Waals surface area contributed by atoms with Crippen LogP contribution in [-0.2, 0) is 6.42 Å². The van der Waals surface area contributed by atoms with E-state index < -0.39 is 0 Å². The van der Waals surface area contributed by atoms with E-state index in [9.17, 15) is 5.11 Å². The van der Waals surface area contributed by atoms with Gasteiger partial charge in [-0.1, -0.05) is 18.5 Å². The fourth-order valence-corrected chi connectivity index (χ4v) is 1.91. The summed E-state index contributed by atoms with van der Waals surface area (Å²) >= 11 is 5.92. The van der Waals surface area contributed by atoms with Gasteiger partial charge in [-0.25, -0.2) is 9.97 Å². The lowest BCUT2D eigenvalue weighted by molar-refractivity contribution is 0.475. The van der Waals surface area contributed by atoms with Crippen LogP contribution in [0.2, 0.25) is 5.02 Å². The Morgan fingerprint density at radius 2 is 2.00 bits per heavy atom. The van der Waals surface area contributed by atoms with E-state index in [1.54, 1.807) is 18.2 Å². The van der Waals surface area contributed by atoms with E-state index in [-0.39, 0.29) is 5.75 Å². The van der Waals surface area contributed by atoms with Gasteiger partial charge in [0.15, 0.2) is 5.82 Å². The fourth-order valence-electron chi connectivity index (χ4n) is 1.73. The summed E-state index contributed by atoms with van der Waals surface area (Å²) in [4.78, 5) is 8.93. The molecule has 0 saturated carbocycles. The van der Waals surface area contributed by atoms with Crippen LogP contribution in [0.25, 0.3) is 11.4 Å². The summed E-state index contributed by atoms with van der Waals surface area (Å²) < 4.78 is 0. The number of aryl methyl sites for hydroxylation is 1. The van der Waals surface area contributed by atoms with Gasteiger partial charge in [0.2, 0.25) is 0 Å². The number of rotatable bonds is 4. The van der Waals surface area contributed by atoms with Gasteiger partial charge in [-0.3, -0.25) is 0 Å². The largest absolute Gasteiger partial charge is 0.506 e. The van der Waals surface area contributed by atoms with E-state index in [4.69, 9.17) is 11.6 Å². The molecule has 0 aliphatic rings. The first-order chi connectivity index (χ1) is 9.13. The molecule has 0 bridgehead atoms. The molecule has 2 aromatic rings. The number of phenols is 1. The number of aromatic hydroxyl groups is 1. The zero-order valence-electron chi connectivity index (χ0n) is 10.9. The van der Waals surface area contributed by atoms with Gasteiger partial charge in [0.25, 0.3) is 0 Å². The van der Waals surface area contributed by atoms with Gasteiger partial charge < -0.3 is 10.4 Å². The maximum Gasteiger partial charge on any atom is 0.161 e. The monoisotopic (exact) mass is 277 g/mol. The Labute approximate surface area is 117 Å². The van der Waals surface area contributed by atoms with Crippen molar-refractivity contribution >= 4 is 17.4 Å². The predicted molar refractivity (Wildman–Crippen MR) is 77.7 cm³/mol. The summed E-state index contributed by atoms with van der Waals surface area (Å²) in [5, 5.41) is 12.9. The molecule has 100 valence electrons. The molecule has 0 atom stereocenters. The molecule has 0 unspecified atom stereocenters. The molecule has 2 N–H and O–H groups in total. The molecule has 0 saturated heterocycles. The molecule has 0 aliphatic heterocycles. The Kier molecular flexibility index (Phi) is 4.22. The number of nitrogens with one attached hydrogen (secondary N) is 1. The van der Waals surface area contributed by atoms with E-state index in [2.05, 4.69) is 15.3 Å². The Morgan fingerprint density at radius 1 is 1.21 bits per heavy atom. The van der Waals surface area contributed by atoms with Crippen LogP contribution in [0, 0.1) is 0 Å². The van der Waals surface area contributed by atoms with Gasteiger partial charge in [0.05, 0.1) is 5.02 Å². The minimum atomic E-state index is 0.0592. The molecule has 19 heavy (non-hydrogen) atoms. The van der Waals surface area contributed by atoms with Gasteiger partial charge in [-0.05, 0) is 31.5 Å². The van der Waals surface area contributed by atoms with E-state index in [0.29, 0.717) is 10.8 Å². The number of hydrogen-bond donors (Lipinski definition) is 2. The van der Waals surface area contributed by atoms with Crippen LogP contribution in [0.1, 0.15) is 19.5 Å². The maximum absolute atomic E-state index is 9.45. The lowest BCUT2D eigenvalue weighted by Gasteiger charge is -2.08. The van der Waals surface area contributed by atoms with Crippen molar-refractivity contribution in [3.05, 3.63) is 35.0 Å². The lowest BCUT2D eigenvalue weighted by Crippen LogP contribution is -2.03. The second-order valence-electron chi connectivity index (χ2n) is 4.12. The SMILES string of the molecule is CCNc1cc(CC)nc(-c2ccc(O)c(Cl)c2)n1. The summed E-state index contributed by atoms with van der Waals surface area (Å²) in [7, 11) is 0. The highest BCUT2D eigenvalue weighted by molar-refractivity contribution is 6.32. The molecule has 1 aromatic heterocycles. The highest BCUT2D eigenvalue weighted by Gasteiger charge is 2.08. The van der Waals surface area contributed by atoms with Gasteiger partial charge >= 0.3 is 0 Å². The molecule has 0 fully saturated rings. The van der Waals surface area contributed by atoms with Crippen LogP contribution in [0.5, 0.6) is 5.75 Å². The van der Waals surface area contributed by atoms with E-state index in [1.807, 2.05) is 19.9 Å². The molecule has 0 spiro atoms. The molecule has 4 nitrogen and oxygen atoms in total. The number of phenolic OH excluding ortho intramolecular Hbond substituents is 1. The number of anilines is 1. The molecule has 0 amide bonds. The van der Waals surface area contributed by atoms with Crippen molar-refractivity contribution in [2.24, 2.45) is 0 Å². The molecule has 1 heterocycles. The van der Waals surface area contributed by atoms with Crippen molar-refractivity contribution in [3.8, 4) is 17.1 Å². The van der Waals surface area contributed by atoms with Gasteiger partial charge in [0.1, 0.15) is 11.6 Å². The standard InChI is InChI=1S/C14H16ClN3O/c1-3-10-8-13(16-4-2)18-14(17-10)9-5-6-12(19)11(15)7-9/h5-8,19H,3-4H2,1-2H3,(H,16,17,18). The normalized spacial score (nSPS) is 10.5. The highest BCUT2D eigenvalue weighted by Crippen LogP contribution is 2.28. The molecular weight excluding hydrogens is 262 g/mol. The summed E-state index contributed by atoms with van der Waals surface area (Å²) in [6.07, 6.45) is 0.833. The van der Waals surface area contributed by atoms with Crippen LogP contribution in [-0.4, -0.2) is 21.6 Å². The summed E-state index contributed by atoms with van der Waals surface area (Å²) in [5.41, 5.74) is 1.75. The Hall–Kier alpha value is -1.81. The van der Waals surface area contributed by atoms with Crippen molar-refractivity contribution in [2.45, 2.75) is 20.3 Å². The van der Waals surface area contributed by atoms with Crippen LogP contribution >= 0.6 is 11.6 Å². The van der Waals surface area contributed by atoms with E-state index in [1.165, 1.54) is 0 Å². The molecule has 5 heteroatoms. The zero-order valence-corrected chi connectivity index (χ0v) is 11.7. The predicted octanol–water partition coefficient (Wildman–Crippen LogP) is 3.50. The fraction of sp³-hybridized carbons (Fsp3) is 0.286. The number of benzene rings is 1. The van der Waals surface area contributed by atoms with Crippen LogP contribution in [0.4, 0.5) is 5.82 Å². The first kappa shape index (κ1) is 13.6. The van der Waals surface area contributed by atoms with Crippen molar-refractivity contribution in [2.75, 3.05) is 11.9 Å². The van der Waals surface area contributed by atoms with Gasteiger partial charge in [-0.2, -0.15) is 0 Å². The maximum atomic E-state index is 9.45. The van der Waals surface area contributed by atoms with Crippen molar-refractivity contribution in [3.63, 3.8) is 0 Å². The first-order valence-corrected chi connectivity index (χ1v) is 6.62. The average molecular weight is 278 g/mol. The number of halogens is 1. The van der Waals surface area contributed by atoms with Crippen molar-refractivity contribution < 1.29 is 5.11 Å². The minimum Gasteiger partial charge on any atom is -0.506 e. The molecule has 2 rings (SSSR count). The Bertz CT molecular complexity index is 587. The number of nitrogens with zero attached hydrogens (tertiary/aromatic N) is 2. The topological polar surface area (TPSA) is 58.0 Å². The first-order valence-electron chi connectivity index (χ1n) is 6.24. The number of hydrogen-bond acceptors (Lipinski definition) is 4. The molecule has 0 aliphatic carbocycles. The van der Waals surface area contributed by atoms with Crippen LogP contribution in [0.3, 0.4) is 0 Å². The zero-order chi connectivity index (χ0) is 13.8. The molecular formula is C14H16ClN3O. The minimum absolute atomic E-state index is 0.0592. The molecule has 1 aromatic carbocycles. The van der Waals surface area contributed by atoms with Crippen LogP contribution in [0.15, 0.2) is 24.3 Å². The summed E-state index contributed by atoms with van der Waals surface area (Å²) in [6.45, 7) is 4.87. The summed E-state index contributed by atoms with van der Waals surface area (Å²) in [6, 6.07) is 6.91. The second-order valence-corrected chi connectivity index (χ2v) is 4.53.